The molecule has 0 unspecified atom stereocenters. The van der Waals surface area contributed by atoms with Gasteiger partial charge >= 0.3 is 5.69 Å². The van der Waals surface area contributed by atoms with Crippen LogP contribution in [0.2, 0.25) is 0 Å². The molecule has 0 atom stereocenters. The van der Waals surface area contributed by atoms with Crippen molar-refractivity contribution in [3.63, 3.8) is 0 Å². The molecule has 3 aromatic heterocycles. The van der Waals surface area contributed by atoms with Gasteiger partial charge in [0, 0.05) is 49.3 Å². The van der Waals surface area contributed by atoms with E-state index in [2.05, 4.69) is 49.0 Å². The Morgan fingerprint density at radius 1 is 1.16 bits per heavy atom. The van der Waals surface area contributed by atoms with Gasteiger partial charge in [-0.3, -0.25) is 4.98 Å². The first-order valence-electron chi connectivity index (χ1n) is 10.0. The number of aromatic nitrogens is 5. The molecule has 0 aliphatic carbocycles. The van der Waals surface area contributed by atoms with Gasteiger partial charge in [0.1, 0.15) is 5.69 Å². The first kappa shape index (κ1) is 19.1. The maximum atomic E-state index is 11.4. The molecule has 4 heterocycles. The molecular formula is C21H22N8O2. The summed E-state index contributed by atoms with van der Waals surface area (Å²) in [7, 11) is 2.14. The average molecular weight is 418 g/mol. The number of aromatic amines is 2. The maximum absolute atomic E-state index is 11.4. The lowest BCUT2D eigenvalue weighted by Crippen LogP contribution is -2.44. The van der Waals surface area contributed by atoms with Crippen LogP contribution in [-0.2, 0) is 0 Å². The van der Waals surface area contributed by atoms with E-state index >= 15 is 0 Å². The van der Waals surface area contributed by atoms with Crippen LogP contribution in [-0.4, -0.2) is 67.8 Å². The molecule has 4 aromatic rings. The minimum atomic E-state index is -0.482. The van der Waals surface area contributed by atoms with Gasteiger partial charge in [0.2, 0.25) is 5.88 Å². The lowest BCUT2D eigenvalue weighted by Gasteiger charge is -2.34. The highest BCUT2D eigenvalue weighted by molar-refractivity contribution is 5.57. The summed E-state index contributed by atoms with van der Waals surface area (Å²) in [5, 5.41) is 14.7. The summed E-state index contributed by atoms with van der Waals surface area (Å²) in [6.45, 7) is 4.07. The van der Waals surface area contributed by atoms with E-state index in [0.29, 0.717) is 16.4 Å². The Kier molecular flexibility index (Phi) is 4.75. The number of fused-ring (bicyclic) bond motifs is 1. The predicted octanol–water partition coefficient (Wildman–Crippen LogP) is -0.0168. The second kappa shape index (κ2) is 7.73. The fourth-order valence-electron chi connectivity index (χ4n) is 3.64. The van der Waals surface area contributed by atoms with E-state index in [1.807, 2.05) is 12.1 Å². The van der Waals surface area contributed by atoms with Crippen molar-refractivity contribution >= 4 is 23.1 Å². The Bertz CT molecular complexity index is 1410. The lowest BCUT2D eigenvalue weighted by molar-refractivity contribution is 0.313. The van der Waals surface area contributed by atoms with Crippen LogP contribution in [0.4, 0.5) is 11.4 Å². The molecule has 10 heteroatoms. The average Bonchev–Trinajstić information content (AvgIpc) is 3.31. The van der Waals surface area contributed by atoms with E-state index < -0.39 is 5.69 Å². The first-order chi connectivity index (χ1) is 15.0. The summed E-state index contributed by atoms with van der Waals surface area (Å²) in [6, 6.07) is 9.94. The van der Waals surface area contributed by atoms with Crippen LogP contribution in [0.15, 0.2) is 52.5 Å². The highest BCUT2D eigenvalue weighted by Crippen LogP contribution is 2.22. The van der Waals surface area contributed by atoms with Gasteiger partial charge in [-0.1, -0.05) is 6.07 Å². The molecule has 1 saturated heterocycles. The number of hydrogen-bond donors (Lipinski definition) is 3. The highest BCUT2D eigenvalue weighted by Gasteiger charge is 2.14. The minimum Gasteiger partial charge on any atom is -0.493 e. The number of nitrogens with zero attached hydrogens (tertiary/aromatic N) is 6. The van der Waals surface area contributed by atoms with Crippen LogP contribution in [0, 0.1) is 0 Å². The van der Waals surface area contributed by atoms with Gasteiger partial charge in [-0.25, -0.2) is 19.3 Å². The normalized spacial score (nSPS) is 16.5. The molecule has 0 spiro atoms. The fourth-order valence-corrected chi connectivity index (χ4v) is 3.64. The van der Waals surface area contributed by atoms with Crippen LogP contribution in [0.1, 0.15) is 5.69 Å². The molecule has 1 fully saturated rings. The largest absolute Gasteiger partial charge is 0.493 e. The monoisotopic (exact) mass is 418 g/mol. The number of imidazole rings is 1. The smallest absolute Gasteiger partial charge is 0.326 e. The van der Waals surface area contributed by atoms with Crippen molar-refractivity contribution in [3.8, 4) is 5.88 Å². The van der Waals surface area contributed by atoms with Gasteiger partial charge < -0.3 is 19.9 Å². The Hall–Kier alpha value is -3.92. The number of anilines is 1. The number of H-pyrrole nitrogens is 2. The molecule has 31 heavy (non-hydrogen) atoms. The van der Waals surface area contributed by atoms with Gasteiger partial charge in [0.25, 0.3) is 0 Å². The molecule has 10 nitrogen and oxygen atoms in total. The van der Waals surface area contributed by atoms with E-state index in [1.54, 1.807) is 29.1 Å². The van der Waals surface area contributed by atoms with Crippen LogP contribution >= 0.6 is 0 Å². The number of rotatable bonds is 3. The van der Waals surface area contributed by atoms with Gasteiger partial charge in [0.05, 0.1) is 11.9 Å². The molecule has 158 valence electrons. The van der Waals surface area contributed by atoms with Gasteiger partial charge in [-0.05, 0) is 31.3 Å². The highest BCUT2D eigenvalue weighted by atomic mass is 16.3. The fraction of sp³-hybridized carbons (Fsp3) is 0.238. The van der Waals surface area contributed by atoms with Gasteiger partial charge in [-0.15, -0.1) is 0 Å². The topological polar surface area (TPSA) is 118 Å². The number of nitrogens with one attached hydrogen (secondary N) is 2. The van der Waals surface area contributed by atoms with Crippen LogP contribution < -0.4 is 21.3 Å². The molecule has 0 bridgehead atoms. The van der Waals surface area contributed by atoms with E-state index in [-0.39, 0.29) is 11.6 Å². The molecular weight excluding hydrogens is 396 g/mol. The Balaban J connectivity index is 1.52. The van der Waals surface area contributed by atoms with Crippen LogP contribution in [0.5, 0.6) is 5.88 Å². The Morgan fingerprint density at radius 3 is 2.77 bits per heavy atom. The van der Waals surface area contributed by atoms with Crippen molar-refractivity contribution in [2.24, 2.45) is 4.99 Å². The number of benzene rings is 1. The third kappa shape index (κ3) is 3.92. The number of likely N-dealkylation sites (N-methyl/N-ethyl adjacent to an activating group) is 1. The Labute approximate surface area is 176 Å². The summed E-state index contributed by atoms with van der Waals surface area (Å²) in [5.41, 5.74) is 2.88. The summed E-state index contributed by atoms with van der Waals surface area (Å²) >= 11 is 0. The van der Waals surface area contributed by atoms with Crippen molar-refractivity contribution in [2.75, 3.05) is 38.1 Å². The zero-order valence-electron chi connectivity index (χ0n) is 17.0. The molecule has 5 rings (SSSR count). The van der Waals surface area contributed by atoms with E-state index in [1.165, 1.54) is 0 Å². The van der Waals surface area contributed by atoms with E-state index in [9.17, 15) is 9.90 Å². The molecule has 0 saturated carbocycles. The van der Waals surface area contributed by atoms with Crippen molar-refractivity contribution < 1.29 is 5.11 Å². The zero-order valence-corrected chi connectivity index (χ0v) is 17.0. The summed E-state index contributed by atoms with van der Waals surface area (Å²) in [5.74, 6) is -0.231. The van der Waals surface area contributed by atoms with Crippen LogP contribution in [0.3, 0.4) is 0 Å². The van der Waals surface area contributed by atoms with Gasteiger partial charge in [0.15, 0.2) is 11.1 Å². The van der Waals surface area contributed by atoms with Gasteiger partial charge in [-0.2, -0.15) is 5.10 Å². The maximum Gasteiger partial charge on any atom is 0.326 e. The minimum absolute atomic E-state index is 0.231. The predicted molar refractivity (Wildman–Crippen MR) is 116 cm³/mol. The second-order valence-corrected chi connectivity index (χ2v) is 7.56. The molecule has 1 aromatic carbocycles. The molecule has 0 amide bonds. The second-order valence-electron chi connectivity index (χ2n) is 7.56. The summed E-state index contributed by atoms with van der Waals surface area (Å²) < 4.78 is 1.62. The quantitative estimate of drug-likeness (QED) is 0.431. The molecule has 3 N–H and O–H groups in total. The Morgan fingerprint density at radius 2 is 2.00 bits per heavy atom. The molecule has 0 radical (unpaired) electrons. The van der Waals surface area contributed by atoms with E-state index in [0.717, 1.165) is 37.6 Å². The zero-order chi connectivity index (χ0) is 21.4. The third-order valence-corrected chi connectivity index (χ3v) is 5.36. The van der Waals surface area contributed by atoms with Crippen molar-refractivity contribution in [1.82, 2.24) is 29.5 Å². The van der Waals surface area contributed by atoms with Crippen LogP contribution in [0.25, 0.3) is 11.7 Å². The summed E-state index contributed by atoms with van der Waals surface area (Å²) in [6.07, 6.45) is 5.01. The first-order valence-corrected chi connectivity index (χ1v) is 10.0. The SMILES string of the molecule is CN1CCN(c2cccc(N=c3ccn4nc/c(=C\c5[nH]c(=O)[nH]c5O)c4n3)c2)CC1. The van der Waals surface area contributed by atoms with Crippen molar-refractivity contribution in [1.29, 1.82) is 0 Å². The van der Waals surface area contributed by atoms with E-state index in [4.69, 9.17) is 4.99 Å². The number of aromatic hydroxyl groups is 1. The summed E-state index contributed by atoms with van der Waals surface area (Å²) in [4.78, 5) is 30.2. The van der Waals surface area contributed by atoms with Crippen molar-refractivity contribution in [3.05, 3.63) is 69.6 Å². The number of hydrogen-bond acceptors (Lipinski definition) is 7. The number of piperazine rings is 1. The molecule has 1 aliphatic rings. The third-order valence-electron chi connectivity index (χ3n) is 5.36. The lowest BCUT2D eigenvalue weighted by atomic mass is 10.2. The molecule has 1 aliphatic heterocycles. The van der Waals surface area contributed by atoms with Crippen molar-refractivity contribution in [2.45, 2.75) is 0 Å². The standard InChI is InChI=1S/C21H22N8O2/c1-27-7-9-28(10-8-27)16-4-2-3-15(12-16)23-18-5-6-29-19(25-18)14(13-22-29)11-17-20(30)26-21(31)24-17/h2-6,11-13,30H,7-10H2,1H3,(H2,24,26,31)/b14-11+,23-18?.